The van der Waals surface area contributed by atoms with Crippen LogP contribution in [0, 0.1) is 11.3 Å². The number of piperazine rings is 1. The van der Waals surface area contributed by atoms with Gasteiger partial charge in [-0.3, -0.25) is 14.6 Å². The van der Waals surface area contributed by atoms with Gasteiger partial charge in [0.25, 0.3) is 0 Å². The number of anilines is 1. The average molecular weight is 417 g/mol. The zero-order chi connectivity index (χ0) is 20.1. The molecule has 1 fully saturated rings. The Bertz CT molecular complexity index is 860. The van der Waals surface area contributed by atoms with Crippen molar-refractivity contribution in [3.63, 3.8) is 0 Å². The van der Waals surface area contributed by atoms with Gasteiger partial charge in [0, 0.05) is 26.2 Å². The summed E-state index contributed by atoms with van der Waals surface area (Å²) in [6.07, 6.45) is 0. The van der Waals surface area contributed by atoms with Crippen molar-refractivity contribution in [1.29, 1.82) is 5.26 Å². The molecule has 0 saturated carbocycles. The van der Waals surface area contributed by atoms with Gasteiger partial charge in [0.05, 0.1) is 27.8 Å². The highest BCUT2D eigenvalue weighted by molar-refractivity contribution is 6.44. The van der Waals surface area contributed by atoms with Gasteiger partial charge in [0.15, 0.2) is 0 Å². The van der Waals surface area contributed by atoms with Gasteiger partial charge in [-0.25, -0.2) is 0 Å². The number of nitrogens with zero attached hydrogens (tertiary/aromatic N) is 3. The third-order valence-electron chi connectivity index (χ3n) is 5.09. The largest absolute Gasteiger partial charge is 0.323 e. The first-order valence-electron chi connectivity index (χ1n) is 9.19. The molecule has 146 valence electrons. The fourth-order valence-electron chi connectivity index (χ4n) is 3.39. The molecule has 0 spiro atoms. The normalized spacial score (nSPS) is 17.5. The molecule has 1 N–H and O–H groups in total. The molecule has 1 aliphatic heterocycles. The number of hydrogen-bond donors (Lipinski definition) is 1. The van der Waals surface area contributed by atoms with E-state index in [-0.39, 0.29) is 18.0 Å². The Morgan fingerprint density at radius 1 is 1.04 bits per heavy atom. The van der Waals surface area contributed by atoms with Gasteiger partial charge >= 0.3 is 0 Å². The predicted octanol–water partition coefficient (Wildman–Crippen LogP) is 4.20. The summed E-state index contributed by atoms with van der Waals surface area (Å²) < 4.78 is 0. The van der Waals surface area contributed by atoms with E-state index < -0.39 is 0 Å². The van der Waals surface area contributed by atoms with Crippen molar-refractivity contribution >= 4 is 34.8 Å². The van der Waals surface area contributed by atoms with Crippen LogP contribution in [0.4, 0.5) is 5.69 Å². The minimum Gasteiger partial charge on any atom is -0.323 e. The number of carbonyl (C=O) groups is 1. The highest BCUT2D eigenvalue weighted by atomic mass is 35.5. The van der Waals surface area contributed by atoms with Crippen molar-refractivity contribution in [2.75, 3.05) is 31.5 Å². The van der Waals surface area contributed by atoms with Crippen molar-refractivity contribution in [3.05, 3.63) is 64.1 Å². The molecule has 1 heterocycles. The first-order chi connectivity index (χ1) is 13.5. The van der Waals surface area contributed by atoms with Crippen LogP contribution in [0.3, 0.4) is 0 Å². The van der Waals surface area contributed by atoms with Crippen LogP contribution in [0.25, 0.3) is 0 Å². The number of amides is 1. The van der Waals surface area contributed by atoms with Gasteiger partial charge < -0.3 is 5.32 Å². The van der Waals surface area contributed by atoms with Crippen LogP contribution in [0.2, 0.25) is 10.0 Å². The quantitative estimate of drug-likeness (QED) is 0.792. The molecule has 2 atom stereocenters. The molecule has 1 amide bonds. The molecular weight excluding hydrogens is 395 g/mol. The van der Waals surface area contributed by atoms with E-state index in [1.807, 2.05) is 37.3 Å². The molecule has 0 bridgehead atoms. The van der Waals surface area contributed by atoms with Crippen LogP contribution in [-0.2, 0) is 4.79 Å². The van der Waals surface area contributed by atoms with E-state index >= 15 is 0 Å². The highest BCUT2D eigenvalue weighted by Gasteiger charge is 2.29. The van der Waals surface area contributed by atoms with Gasteiger partial charge in [-0.05, 0) is 24.6 Å². The molecule has 0 aromatic heterocycles. The molecule has 2 aromatic rings. The number of nitrogens with one attached hydrogen (secondary N) is 1. The van der Waals surface area contributed by atoms with Crippen LogP contribution < -0.4 is 5.32 Å². The molecule has 3 rings (SSSR count). The molecule has 2 unspecified atom stereocenters. The molecule has 7 heteroatoms. The lowest BCUT2D eigenvalue weighted by Gasteiger charge is -2.39. The molecule has 0 radical (unpaired) electrons. The van der Waals surface area contributed by atoms with E-state index in [0.717, 1.165) is 18.7 Å². The fourth-order valence-corrected chi connectivity index (χ4v) is 3.74. The van der Waals surface area contributed by atoms with E-state index in [1.54, 1.807) is 18.2 Å². The van der Waals surface area contributed by atoms with Crippen LogP contribution in [0.15, 0.2) is 48.5 Å². The third-order valence-corrected chi connectivity index (χ3v) is 5.91. The summed E-state index contributed by atoms with van der Waals surface area (Å²) in [6.45, 7) is 4.75. The summed E-state index contributed by atoms with van der Waals surface area (Å²) in [5.74, 6) is -0.127. The Hall–Kier alpha value is -2.10. The summed E-state index contributed by atoms with van der Waals surface area (Å²) in [5, 5.41) is 13.2. The van der Waals surface area contributed by atoms with Crippen molar-refractivity contribution in [2.45, 2.75) is 19.0 Å². The maximum absolute atomic E-state index is 12.6. The van der Waals surface area contributed by atoms with Crippen molar-refractivity contribution in [2.24, 2.45) is 0 Å². The lowest BCUT2D eigenvalue weighted by molar-refractivity contribution is -0.121. The second-order valence-electron chi connectivity index (χ2n) is 6.78. The van der Waals surface area contributed by atoms with Gasteiger partial charge in [0.1, 0.15) is 6.04 Å². The zero-order valence-corrected chi connectivity index (χ0v) is 17.1. The fraction of sp³-hybridized carbons (Fsp3) is 0.333. The number of rotatable bonds is 5. The first kappa shape index (κ1) is 20.6. The van der Waals surface area contributed by atoms with E-state index in [9.17, 15) is 10.1 Å². The SMILES string of the molecule is CC(C(=O)Nc1cccc(Cl)c1Cl)N1CCN(C(C#N)c2ccccc2)CC1. The second kappa shape index (κ2) is 9.40. The summed E-state index contributed by atoms with van der Waals surface area (Å²) in [4.78, 5) is 16.9. The van der Waals surface area contributed by atoms with E-state index in [2.05, 4.69) is 21.2 Å². The maximum atomic E-state index is 12.6. The second-order valence-corrected chi connectivity index (χ2v) is 7.57. The zero-order valence-electron chi connectivity index (χ0n) is 15.6. The molecule has 1 saturated heterocycles. The topological polar surface area (TPSA) is 59.4 Å². The van der Waals surface area contributed by atoms with Crippen molar-refractivity contribution in [1.82, 2.24) is 9.80 Å². The number of benzene rings is 2. The van der Waals surface area contributed by atoms with E-state index in [1.165, 1.54) is 0 Å². The minimum atomic E-state index is -0.311. The Kier molecular flexibility index (Phi) is 6.93. The summed E-state index contributed by atoms with van der Waals surface area (Å²) in [5.41, 5.74) is 1.51. The molecular formula is C21H22Cl2N4O. The molecule has 5 nitrogen and oxygen atoms in total. The number of nitriles is 1. The lowest BCUT2D eigenvalue weighted by Crippen LogP contribution is -2.53. The lowest BCUT2D eigenvalue weighted by atomic mass is 10.1. The van der Waals surface area contributed by atoms with Gasteiger partial charge in [-0.15, -0.1) is 0 Å². The van der Waals surface area contributed by atoms with Crippen LogP contribution in [-0.4, -0.2) is 47.9 Å². The minimum absolute atomic E-state index is 0.127. The molecule has 1 aliphatic rings. The van der Waals surface area contributed by atoms with Crippen LogP contribution >= 0.6 is 23.2 Å². The first-order valence-corrected chi connectivity index (χ1v) is 9.94. The Morgan fingerprint density at radius 2 is 1.68 bits per heavy atom. The highest BCUT2D eigenvalue weighted by Crippen LogP contribution is 2.30. The Labute approximate surface area is 175 Å². The van der Waals surface area contributed by atoms with E-state index in [4.69, 9.17) is 23.2 Å². The smallest absolute Gasteiger partial charge is 0.241 e. The van der Waals surface area contributed by atoms with Crippen molar-refractivity contribution < 1.29 is 4.79 Å². The predicted molar refractivity (Wildman–Crippen MR) is 112 cm³/mol. The number of hydrogen-bond acceptors (Lipinski definition) is 4. The standard InChI is InChI=1S/C21H22Cl2N4O/c1-15(21(28)25-18-9-5-8-17(22)20(18)23)26-10-12-27(13-11-26)19(14-24)16-6-3-2-4-7-16/h2-9,15,19H,10-13H2,1H3,(H,25,28). The molecule has 2 aromatic carbocycles. The van der Waals surface area contributed by atoms with E-state index in [0.29, 0.717) is 28.8 Å². The van der Waals surface area contributed by atoms with Crippen LogP contribution in [0.5, 0.6) is 0 Å². The third kappa shape index (κ3) is 4.65. The maximum Gasteiger partial charge on any atom is 0.241 e. The van der Waals surface area contributed by atoms with Crippen molar-refractivity contribution in [3.8, 4) is 6.07 Å². The average Bonchev–Trinajstić information content (AvgIpc) is 2.73. The van der Waals surface area contributed by atoms with Gasteiger partial charge in [-0.2, -0.15) is 5.26 Å². The molecule has 28 heavy (non-hydrogen) atoms. The monoisotopic (exact) mass is 416 g/mol. The summed E-state index contributed by atoms with van der Waals surface area (Å²) >= 11 is 12.2. The van der Waals surface area contributed by atoms with Gasteiger partial charge in [0.2, 0.25) is 5.91 Å². The summed E-state index contributed by atoms with van der Waals surface area (Å²) in [6, 6.07) is 16.8. The van der Waals surface area contributed by atoms with Crippen LogP contribution in [0.1, 0.15) is 18.5 Å². The Morgan fingerprint density at radius 3 is 2.32 bits per heavy atom. The molecule has 0 aliphatic carbocycles. The Balaban J connectivity index is 1.59. The number of halogens is 2. The van der Waals surface area contributed by atoms with Gasteiger partial charge in [-0.1, -0.05) is 59.6 Å². The number of carbonyl (C=O) groups excluding carboxylic acids is 1. The summed E-state index contributed by atoms with van der Waals surface area (Å²) in [7, 11) is 0.